The lowest BCUT2D eigenvalue weighted by atomic mass is 10.3. The van der Waals surface area contributed by atoms with Crippen molar-refractivity contribution in [3.05, 3.63) is 82.2 Å². The largest absolute Gasteiger partial charge is 0.454 e. The van der Waals surface area contributed by atoms with Crippen molar-refractivity contribution < 1.29 is 4.74 Å². The summed E-state index contributed by atoms with van der Waals surface area (Å²) in [5.41, 5.74) is 0.340. The lowest BCUT2D eigenvalue weighted by Gasteiger charge is -2.09. The molecule has 0 spiro atoms. The van der Waals surface area contributed by atoms with Crippen LogP contribution in [0.15, 0.2) is 71.5 Å². The van der Waals surface area contributed by atoms with E-state index in [2.05, 4.69) is 5.10 Å². The van der Waals surface area contributed by atoms with Crippen molar-refractivity contribution in [2.45, 2.75) is 0 Å². The van der Waals surface area contributed by atoms with Crippen molar-refractivity contribution in [1.29, 1.82) is 0 Å². The Labute approximate surface area is 126 Å². The molecule has 0 fully saturated rings. The maximum Gasteiger partial charge on any atom is 0.275 e. The molecular weight excluding hydrogens is 288 g/mol. The normalized spacial score (nSPS) is 10.3. The quantitative estimate of drug-likeness (QED) is 0.741. The van der Waals surface area contributed by atoms with E-state index in [1.165, 1.54) is 10.7 Å². The fourth-order valence-corrected chi connectivity index (χ4v) is 2.03. The van der Waals surface area contributed by atoms with Gasteiger partial charge in [0.25, 0.3) is 5.56 Å². The average molecular weight is 299 g/mol. The molecule has 1 aromatic heterocycles. The van der Waals surface area contributed by atoms with Crippen molar-refractivity contribution >= 4 is 11.6 Å². The summed E-state index contributed by atoms with van der Waals surface area (Å²) in [6.07, 6.45) is 0. The van der Waals surface area contributed by atoms with Gasteiger partial charge in [0.05, 0.1) is 11.8 Å². The van der Waals surface area contributed by atoms with Crippen LogP contribution in [-0.4, -0.2) is 9.78 Å². The highest BCUT2D eigenvalue weighted by Crippen LogP contribution is 2.25. The predicted octanol–water partition coefficient (Wildman–Crippen LogP) is 3.68. The summed E-state index contributed by atoms with van der Waals surface area (Å²) in [6.45, 7) is 0. The Bertz CT molecular complexity index is 802. The van der Waals surface area contributed by atoms with Crippen molar-refractivity contribution in [3.8, 4) is 17.2 Å². The smallest absolute Gasteiger partial charge is 0.275 e. The fraction of sp³-hybridized carbons (Fsp3) is 0. The standard InChI is InChI=1S/C16H11ClN2O2/c17-16-14(21-13-9-5-2-6-10-13)11-15(20)19(18-16)12-7-3-1-4-8-12/h1-11H. The van der Waals surface area contributed by atoms with E-state index in [0.717, 1.165) is 0 Å². The van der Waals surface area contributed by atoms with Crippen LogP contribution >= 0.6 is 11.6 Å². The van der Waals surface area contributed by atoms with Crippen molar-refractivity contribution in [2.75, 3.05) is 0 Å². The van der Waals surface area contributed by atoms with Crippen LogP contribution in [0.1, 0.15) is 0 Å². The predicted molar refractivity (Wildman–Crippen MR) is 81.4 cm³/mol. The summed E-state index contributed by atoms with van der Waals surface area (Å²) in [7, 11) is 0. The van der Waals surface area contributed by atoms with Gasteiger partial charge in [0.15, 0.2) is 10.9 Å². The minimum Gasteiger partial charge on any atom is -0.454 e. The minimum atomic E-state index is -0.309. The van der Waals surface area contributed by atoms with Gasteiger partial charge in [0, 0.05) is 0 Å². The van der Waals surface area contributed by atoms with Crippen LogP contribution in [0.3, 0.4) is 0 Å². The first kappa shape index (κ1) is 13.4. The van der Waals surface area contributed by atoms with Gasteiger partial charge in [-0.25, -0.2) is 0 Å². The van der Waals surface area contributed by atoms with E-state index >= 15 is 0 Å². The Balaban J connectivity index is 1.99. The molecule has 0 aliphatic carbocycles. The van der Waals surface area contributed by atoms with E-state index in [1.807, 2.05) is 36.4 Å². The Morgan fingerprint density at radius 3 is 2.24 bits per heavy atom. The van der Waals surface area contributed by atoms with Crippen LogP contribution in [0.4, 0.5) is 0 Å². The van der Waals surface area contributed by atoms with Crippen LogP contribution in [-0.2, 0) is 0 Å². The van der Waals surface area contributed by atoms with Gasteiger partial charge >= 0.3 is 0 Å². The Morgan fingerprint density at radius 1 is 0.952 bits per heavy atom. The zero-order valence-electron chi connectivity index (χ0n) is 10.9. The van der Waals surface area contributed by atoms with Gasteiger partial charge < -0.3 is 4.74 Å². The summed E-state index contributed by atoms with van der Waals surface area (Å²) >= 11 is 6.11. The third-order valence-electron chi connectivity index (χ3n) is 2.83. The number of aromatic nitrogens is 2. The second-order valence-corrected chi connectivity index (χ2v) is 4.66. The molecule has 2 aromatic carbocycles. The SMILES string of the molecule is O=c1cc(Oc2ccccc2)c(Cl)nn1-c1ccccc1. The summed E-state index contributed by atoms with van der Waals surface area (Å²) < 4.78 is 6.81. The molecule has 1 heterocycles. The highest BCUT2D eigenvalue weighted by molar-refractivity contribution is 6.30. The first-order valence-corrected chi connectivity index (χ1v) is 6.70. The zero-order chi connectivity index (χ0) is 14.7. The molecule has 0 saturated heterocycles. The van der Waals surface area contributed by atoms with E-state index in [4.69, 9.17) is 16.3 Å². The molecule has 0 bridgehead atoms. The second kappa shape index (κ2) is 5.81. The Hall–Kier alpha value is -2.59. The Kier molecular flexibility index (Phi) is 3.71. The van der Waals surface area contributed by atoms with Gasteiger partial charge in [-0.1, -0.05) is 48.0 Å². The molecule has 0 saturated carbocycles. The van der Waals surface area contributed by atoms with Gasteiger partial charge in [-0.2, -0.15) is 4.68 Å². The number of para-hydroxylation sites is 2. The second-order valence-electron chi connectivity index (χ2n) is 4.30. The lowest BCUT2D eigenvalue weighted by Crippen LogP contribution is -2.20. The first-order valence-electron chi connectivity index (χ1n) is 6.32. The summed E-state index contributed by atoms with van der Waals surface area (Å²) in [4.78, 5) is 12.1. The highest BCUT2D eigenvalue weighted by atomic mass is 35.5. The minimum absolute atomic E-state index is 0.127. The van der Waals surface area contributed by atoms with Gasteiger partial charge in [-0.3, -0.25) is 4.79 Å². The van der Waals surface area contributed by atoms with Crippen LogP contribution < -0.4 is 10.3 Å². The molecule has 0 aliphatic rings. The molecular formula is C16H11ClN2O2. The van der Waals surface area contributed by atoms with Crippen LogP contribution in [0.5, 0.6) is 11.5 Å². The molecule has 0 N–H and O–H groups in total. The molecule has 4 nitrogen and oxygen atoms in total. The molecule has 104 valence electrons. The highest BCUT2D eigenvalue weighted by Gasteiger charge is 2.10. The fourth-order valence-electron chi connectivity index (χ4n) is 1.86. The molecule has 0 aliphatic heterocycles. The summed E-state index contributed by atoms with van der Waals surface area (Å²) in [5, 5.41) is 4.21. The van der Waals surface area contributed by atoms with E-state index in [1.54, 1.807) is 24.3 Å². The number of rotatable bonds is 3. The van der Waals surface area contributed by atoms with Crippen molar-refractivity contribution in [2.24, 2.45) is 0 Å². The molecule has 21 heavy (non-hydrogen) atoms. The molecule has 0 unspecified atom stereocenters. The number of hydrogen-bond acceptors (Lipinski definition) is 3. The van der Waals surface area contributed by atoms with Crippen LogP contribution in [0.25, 0.3) is 5.69 Å². The third kappa shape index (κ3) is 2.95. The molecule has 5 heteroatoms. The number of benzene rings is 2. The summed E-state index contributed by atoms with van der Waals surface area (Å²) in [6, 6.07) is 19.5. The lowest BCUT2D eigenvalue weighted by molar-refractivity contribution is 0.475. The summed E-state index contributed by atoms with van der Waals surface area (Å²) in [5.74, 6) is 0.832. The van der Waals surface area contributed by atoms with Gasteiger partial charge in [-0.15, -0.1) is 5.10 Å². The van der Waals surface area contributed by atoms with E-state index < -0.39 is 0 Å². The molecule has 0 radical (unpaired) electrons. The maximum absolute atomic E-state index is 12.1. The van der Waals surface area contributed by atoms with Crippen LogP contribution in [0.2, 0.25) is 5.15 Å². The number of halogens is 1. The van der Waals surface area contributed by atoms with Crippen LogP contribution in [0, 0.1) is 0 Å². The van der Waals surface area contributed by atoms with E-state index in [9.17, 15) is 4.79 Å². The maximum atomic E-state index is 12.1. The molecule has 3 aromatic rings. The topological polar surface area (TPSA) is 44.1 Å². The van der Waals surface area contributed by atoms with Gasteiger partial charge in [-0.05, 0) is 24.3 Å². The Morgan fingerprint density at radius 2 is 1.57 bits per heavy atom. The first-order chi connectivity index (χ1) is 10.2. The van der Waals surface area contributed by atoms with Crippen molar-refractivity contribution in [3.63, 3.8) is 0 Å². The number of nitrogens with zero attached hydrogens (tertiary/aromatic N) is 2. The molecule has 0 atom stereocenters. The molecule has 3 rings (SSSR count). The zero-order valence-corrected chi connectivity index (χ0v) is 11.7. The monoisotopic (exact) mass is 298 g/mol. The average Bonchev–Trinajstić information content (AvgIpc) is 2.52. The van der Waals surface area contributed by atoms with Gasteiger partial charge in [0.1, 0.15) is 5.75 Å². The number of hydrogen-bond donors (Lipinski definition) is 0. The third-order valence-corrected chi connectivity index (χ3v) is 3.09. The van der Waals surface area contributed by atoms with E-state index in [0.29, 0.717) is 11.4 Å². The van der Waals surface area contributed by atoms with E-state index in [-0.39, 0.29) is 16.5 Å². The van der Waals surface area contributed by atoms with Gasteiger partial charge in [0.2, 0.25) is 0 Å². The number of ether oxygens (including phenoxy) is 1. The molecule has 0 amide bonds. The van der Waals surface area contributed by atoms with Crippen molar-refractivity contribution in [1.82, 2.24) is 9.78 Å².